The number of nitrogens with two attached hydrogens (primary N) is 1. The Morgan fingerprint density at radius 2 is 1.76 bits per heavy atom. The summed E-state index contributed by atoms with van der Waals surface area (Å²) in [4.78, 5) is 23.7. The molecule has 1 heterocycles. The first-order valence-corrected chi connectivity index (χ1v) is 9.21. The van der Waals surface area contributed by atoms with E-state index >= 15 is 0 Å². The van der Waals surface area contributed by atoms with Gasteiger partial charge in [-0.2, -0.15) is 0 Å². The van der Waals surface area contributed by atoms with Crippen molar-refractivity contribution in [1.82, 2.24) is 9.59 Å². The third-order valence-corrected chi connectivity index (χ3v) is 4.38. The van der Waals surface area contributed by atoms with E-state index in [9.17, 15) is 9.59 Å². The Bertz CT molecular complexity index is 981. The summed E-state index contributed by atoms with van der Waals surface area (Å²) in [5.41, 5.74) is 7.68. The maximum absolute atomic E-state index is 12.7. The van der Waals surface area contributed by atoms with Gasteiger partial charge in [0.1, 0.15) is 5.69 Å². The van der Waals surface area contributed by atoms with Crippen molar-refractivity contribution in [2.24, 2.45) is 5.73 Å². The summed E-state index contributed by atoms with van der Waals surface area (Å²) in [5.74, 6) is -0.352. The lowest BCUT2D eigenvalue weighted by molar-refractivity contribution is -0.120. The van der Waals surface area contributed by atoms with E-state index in [2.05, 4.69) is 14.9 Å². The Kier molecular flexibility index (Phi) is 6.25. The minimum Gasteiger partial charge on any atom is -0.493 e. The fourth-order valence-electron chi connectivity index (χ4n) is 2.51. The minimum atomic E-state index is -0.646. The third kappa shape index (κ3) is 4.79. The molecule has 0 radical (unpaired) electrons. The van der Waals surface area contributed by atoms with Gasteiger partial charge in [-0.05, 0) is 35.8 Å². The van der Waals surface area contributed by atoms with Gasteiger partial charge < -0.3 is 25.3 Å². The van der Waals surface area contributed by atoms with E-state index in [1.807, 2.05) is 17.5 Å². The van der Waals surface area contributed by atoms with Crippen LogP contribution in [0.15, 0.2) is 41.8 Å². The summed E-state index contributed by atoms with van der Waals surface area (Å²) in [6, 6.07) is 10.2. The predicted molar refractivity (Wildman–Crippen MR) is 108 cm³/mol. The number of ether oxygens (including phenoxy) is 3. The molecule has 0 saturated heterocycles. The van der Waals surface area contributed by atoms with E-state index in [0.717, 1.165) is 11.3 Å². The van der Waals surface area contributed by atoms with Crippen molar-refractivity contribution in [3.63, 3.8) is 0 Å². The highest BCUT2D eigenvalue weighted by Crippen LogP contribution is 2.38. The van der Waals surface area contributed by atoms with Crippen LogP contribution in [0.3, 0.4) is 0 Å². The van der Waals surface area contributed by atoms with E-state index in [4.69, 9.17) is 19.9 Å². The monoisotopic (exact) mass is 414 g/mol. The Balaban J connectivity index is 1.80. The molecule has 0 atom stereocenters. The maximum Gasteiger partial charge on any atom is 0.255 e. The summed E-state index contributed by atoms with van der Waals surface area (Å²) in [7, 11) is 2.83. The number of methoxy groups -OCH3 is 2. The lowest BCUT2D eigenvalue weighted by Crippen LogP contribution is -2.20. The van der Waals surface area contributed by atoms with Gasteiger partial charge in [0.05, 0.1) is 14.2 Å². The summed E-state index contributed by atoms with van der Waals surface area (Å²) < 4.78 is 19.7. The Labute approximate surface area is 170 Å². The number of benzene rings is 2. The summed E-state index contributed by atoms with van der Waals surface area (Å²) in [6.07, 6.45) is 0. The number of primary amides is 1. The van der Waals surface area contributed by atoms with Gasteiger partial charge in [0.15, 0.2) is 18.1 Å². The summed E-state index contributed by atoms with van der Waals surface area (Å²) in [6.45, 7) is -0.348. The highest BCUT2D eigenvalue weighted by Gasteiger charge is 2.18. The number of hydrogen-bond donors (Lipinski definition) is 2. The smallest absolute Gasteiger partial charge is 0.255 e. The van der Waals surface area contributed by atoms with Crippen molar-refractivity contribution in [1.29, 1.82) is 0 Å². The number of aromatic nitrogens is 2. The molecule has 2 amide bonds. The van der Waals surface area contributed by atoms with Crippen molar-refractivity contribution >= 4 is 29.0 Å². The molecular weight excluding hydrogens is 396 g/mol. The van der Waals surface area contributed by atoms with Gasteiger partial charge in [-0.1, -0.05) is 16.6 Å². The zero-order chi connectivity index (χ0) is 20.8. The molecule has 0 aliphatic rings. The molecule has 0 spiro atoms. The van der Waals surface area contributed by atoms with Crippen LogP contribution in [0, 0.1) is 0 Å². The van der Waals surface area contributed by atoms with Gasteiger partial charge in [-0.25, -0.2) is 0 Å². The molecule has 0 saturated carbocycles. The molecule has 0 unspecified atom stereocenters. The summed E-state index contributed by atoms with van der Waals surface area (Å²) in [5, 5.41) is 8.66. The molecule has 3 rings (SSSR count). The number of nitrogens with zero attached hydrogens (tertiary/aromatic N) is 2. The van der Waals surface area contributed by atoms with E-state index < -0.39 is 5.91 Å². The molecule has 10 heteroatoms. The zero-order valence-electron chi connectivity index (χ0n) is 15.7. The standard InChI is InChI=1S/C19H18N4O5S/c1-26-15-7-12(8-16(27-2)18(15)28-9-17(20)24)19(25)21-13-5-3-11(4-6-13)14-10-29-23-22-14/h3-8,10H,9H2,1-2H3,(H2,20,24)(H,21,25). The second kappa shape index (κ2) is 9.02. The second-order valence-corrected chi connectivity index (χ2v) is 6.40. The number of nitrogens with one attached hydrogen (secondary N) is 1. The molecule has 0 fully saturated rings. The molecule has 2 aromatic carbocycles. The Hall–Kier alpha value is -3.66. The van der Waals surface area contributed by atoms with E-state index in [-0.39, 0.29) is 35.3 Å². The van der Waals surface area contributed by atoms with Crippen molar-refractivity contribution in [3.05, 3.63) is 47.3 Å². The third-order valence-electron chi connectivity index (χ3n) is 3.88. The lowest BCUT2D eigenvalue weighted by Gasteiger charge is -2.15. The van der Waals surface area contributed by atoms with Crippen LogP contribution in [0.5, 0.6) is 17.2 Å². The number of carbonyl (C=O) groups is 2. The number of hydrogen-bond acceptors (Lipinski definition) is 8. The zero-order valence-corrected chi connectivity index (χ0v) is 16.5. The van der Waals surface area contributed by atoms with Crippen LogP contribution in [-0.2, 0) is 4.79 Å². The average molecular weight is 414 g/mol. The Morgan fingerprint density at radius 3 is 2.28 bits per heavy atom. The van der Waals surface area contributed by atoms with E-state index in [0.29, 0.717) is 5.69 Å². The van der Waals surface area contributed by atoms with E-state index in [1.165, 1.54) is 37.9 Å². The van der Waals surface area contributed by atoms with Gasteiger partial charge >= 0.3 is 0 Å². The highest BCUT2D eigenvalue weighted by atomic mass is 32.1. The molecule has 3 aromatic rings. The number of amides is 2. The molecule has 150 valence electrons. The van der Waals surface area contributed by atoms with Crippen LogP contribution >= 0.6 is 11.5 Å². The van der Waals surface area contributed by atoms with Crippen LogP contribution in [-0.4, -0.2) is 42.2 Å². The predicted octanol–water partition coefficient (Wildman–Crippen LogP) is 2.34. The normalized spacial score (nSPS) is 10.3. The molecule has 1 aromatic heterocycles. The van der Waals surface area contributed by atoms with Crippen molar-refractivity contribution in [2.75, 3.05) is 26.1 Å². The van der Waals surface area contributed by atoms with Crippen LogP contribution in [0.1, 0.15) is 10.4 Å². The largest absolute Gasteiger partial charge is 0.493 e. The summed E-state index contributed by atoms with van der Waals surface area (Å²) >= 11 is 1.27. The lowest BCUT2D eigenvalue weighted by atomic mass is 10.1. The fraction of sp³-hybridized carbons (Fsp3) is 0.158. The van der Waals surface area contributed by atoms with Crippen molar-refractivity contribution in [3.8, 4) is 28.5 Å². The molecule has 29 heavy (non-hydrogen) atoms. The molecule has 9 nitrogen and oxygen atoms in total. The molecule has 0 bridgehead atoms. The second-order valence-electron chi connectivity index (χ2n) is 5.79. The van der Waals surface area contributed by atoms with E-state index in [1.54, 1.807) is 12.1 Å². The minimum absolute atomic E-state index is 0.187. The molecular formula is C19H18N4O5S. The SMILES string of the molecule is COc1cc(C(=O)Nc2ccc(-c3csnn3)cc2)cc(OC)c1OCC(N)=O. The van der Waals surface area contributed by atoms with Crippen molar-refractivity contribution in [2.45, 2.75) is 0 Å². The highest BCUT2D eigenvalue weighted by molar-refractivity contribution is 7.03. The molecule has 0 aliphatic carbocycles. The first-order chi connectivity index (χ1) is 14.0. The number of rotatable bonds is 8. The number of anilines is 1. The molecule has 0 aliphatic heterocycles. The van der Waals surface area contributed by atoms with Crippen LogP contribution in [0.25, 0.3) is 11.3 Å². The van der Waals surface area contributed by atoms with Crippen LogP contribution in [0.4, 0.5) is 5.69 Å². The van der Waals surface area contributed by atoms with Gasteiger partial charge in [0.2, 0.25) is 5.75 Å². The maximum atomic E-state index is 12.7. The fourth-order valence-corrected chi connectivity index (χ4v) is 2.98. The van der Waals surface area contributed by atoms with Gasteiger partial charge in [0, 0.05) is 22.2 Å². The van der Waals surface area contributed by atoms with Crippen molar-refractivity contribution < 1.29 is 23.8 Å². The average Bonchev–Trinajstić information content (AvgIpc) is 3.26. The topological polar surface area (TPSA) is 126 Å². The van der Waals surface area contributed by atoms with Gasteiger partial charge in [-0.3, -0.25) is 9.59 Å². The first kappa shape index (κ1) is 20.1. The van der Waals surface area contributed by atoms with Gasteiger partial charge in [0.25, 0.3) is 11.8 Å². The number of carbonyl (C=O) groups excluding carboxylic acids is 2. The Morgan fingerprint density at radius 1 is 1.10 bits per heavy atom. The van der Waals surface area contributed by atoms with Crippen LogP contribution in [0.2, 0.25) is 0 Å². The van der Waals surface area contributed by atoms with Gasteiger partial charge in [-0.15, -0.1) is 5.10 Å². The molecule has 3 N–H and O–H groups in total. The first-order valence-electron chi connectivity index (χ1n) is 8.37. The quantitative estimate of drug-likeness (QED) is 0.579. The van der Waals surface area contributed by atoms with Crippen LogP contribution < -0.4 is 25.3 Å².